The number of hydrogen-bond donors (Lipinski definition) is 0. The van der Waals surface area contributed by atoms with E-state index < -0.39 is 0 Å². The molecule has 1 aliphatic rings. The number of anilines is 1. The molecule has 0 spiro atoms. The Hall–Kier alpha value is -2.63. The van der Waals surface area contributed by atoms with Crippen molar-refractivity contribution in [3.8, 4) is 5.75 Å². The van der Waals surface area contributed by atoms with Crippen LogP contribution in [0.4, 0.5) is 5.82 Å². The molecule has 0 aliphatic carbocycles. The largest absolute Gasteiger partial charge is 0.496 e. The minimum Gasteiger partial charge on any atom is -0.496 e. The average molecular weight is 326 g/mol. The lowest BCUT2D eigenvalue weighted by Gasteiger charge is -2.42. The third-order valence-electron chi connectivity index (χ3n) is 4.37. The number of nitrogens with zero attached hydrogens (tertiary/aromatic N) is 4. The highest BCUT2D eigenvalue weighted by molar-refractivity contribution is 5.74. The van der Waals surface area contributed by atoms with Crippen molar-refractivity contribution >= 4 is 11.7 Å². The first-order chi connectivity index (χ1) is 11.6. The van der Waals surface area contributed by atoms with Gasteiger partial charge in [-0.3, -0.25) is 4.79 Å². The van der Waals surface area contributed by atoms with Gasteiger partial charge in [-0.2, -0.15) is 0 Å². The third kappa shape index (κ3) is 3.18. The van der Waals surface area contributed by atoms with Gasteiger partial charge in [0.15, 0.2) is 0 Å². The van der Waals surface area contributed by atoms with Crippen LogP contribution in [0.15, 0.2) is 36.5 Å². The van der Waals surface area contributed by atoms with Gasteiger partial charge in [0.2, 0.25) is 5.91 Å². The van der Waals surface area contributed by atoms with E-state index in [0.717, 1.165) is 29.5 Å². The number of para-hydroxylation sites is 1. The number of aryl methyl sites for hydroxylation is 1. The van der Waals surface area contributed by atoms with Crippen molar-refractivity contribution in [2.75, 3.05) is 31.6 Å². The maximum atomic E-state index is 12.1. The fourth-order valence-electron chi connectivity index (χ4n) is 3.20. The number of aromatic nitrogens is 2. The zero-order chi connectivity index (χ0) is 17.1. The van der Waals surface area contributed by atoms with E-state index in [1.807, 2.05) is 42.2 Å². The minimum absolute atomic E-state index is 0.0670. The normalized spacial score (nSPS) is 17.7. The molecule has 0 saturated carbocycles. The second-order valence-corrected chi connectivity index (χ2v) is 5.88. The number of benzene rings is 1. The second-order valence-electron chi connectivity index (χ2n) is 5.88. The topological polar surface area (TPSA) is 58.6 Å². The number of piperazine rings is 1. The Labute approximate surface area is 142 Å². The molecule has 24 heavy (non-hydrogen) atoms. The zero-order valence-electron chi connectivity index (χ0n) is 14.3. The fraction of sp³-hybridized carbons (Fsp3) is 0.389. The van der Waals surface area contributed by atoms with Crippen LogP contribution < -0.4 is 9.64 Å². The molecule has 126 valence electrons. The van der Waals surface area contributed by atoms with Gasteiger partial charge in [-0.1, -0.05) is 18.2 Å². The third-order valence-corrected chi connectivity index (χ3v) is 4.37. The SMILES string of the molecule is COc1ccccc1[C@H]1CN(c2ccnc(C)n2)CCN1C(C)=O. The van der Waals surface area contributed by atoms with Crippen molar-refractivity contribution in [2.45, 2.75) is 19.9 Å². The van der Waals surface area contributed by atoms with Gasteiger partial charge < -0.3 is 14.5 Å². The summed E-state index contributed by atoms with van der Waals surface area (Å²) in [6.45, 7) is 5.58. The molecular formula is C18H22N4O2. The number of hydrogen-bond acceptors (Lipinski definition) is 5. The number of methoxy groups -OCH3 is 1. The Bertz CT molecular complexity index is 734. The molecule has 1 atom stereocenters. The predicted molar refractivity (Wildman–Crippen MR) is 92.1 cm³/mol. The van der Waals surface area contributed by atoms with Crippen LogP contribution in [-0.4, -0.2) is 47.5 Å². The van der Waals surface area contributed by atoms with Gasteiger partial charge in [-0.05, 0) is 19.1 Å². The lowest BCUT2D eigenvalue weighted by Crippen LogP contribution is -2.50. The second kappa shape index (κ2) is 6.86. The molecule has 0 N–H and O–H groups in total. The lowest BCUT2D eigenvalue weighted by molar-refractivity contribution is -0.131. The monoisotopic (exact) mass is 326 g/mol. The number of ether oxygens (including phenoxy) is 1. The summed E-state index contributed by atoms with van der Waals surface area (Å²) in [6.07, 6.45) is 1.77. The van der Waals surface area contributed by atoms with E-state index in [4.69, 9.17) is 4.74 Å². The van der Waals surface area contributed by atoms with Crippen LogP contribution in [0.3, 0.4) is 0 Å². The molecule has 1 fully saturated rings. The molecular weight excluding hydrogens is 304 g/mol. The summed E-state index contributed by atoms with van der Waals surface area (Å²) in [4.78, 5) is 24.9. The fourth-order valence-corrected chi connectivity index (χ4v) is 3.20. The molecule has 0 radical (unpaired) electrons. The van der Waals surface area contributed by atoms with Gasteiger partial charge in [0.1, 0.15) is 17.4 Å². The Morgan fingerprint density at radius 1 is 1.25 bits per heavy atom. The van der Waals surface area contributed by atoms with Gasteiger partial charge in [-0.25, -0.2) is 9.97 Å². The van der Waals surface area contributed by atoms with E-state index in [2.05, 4.69) is 14.9 Å². The summed E-state index contributed by atoms with van der Waals surface area (Å²) >= 11 is 0. The van der Waals surface area contributed by atoms with Crippen molar-refractivity contribution in [3.63, 3.8) is 0 Å². The summed E-state index contributed by atoms with van der Waals surface area (Å²) in [5, 5.41) is 0. The van der Waals surface area contributed by atoms with E-state index in [1.165, 1.54) is 0 Å². The van der Waals surface area contributed by atoms with E-state index in [1.54, 1.807) is 20.2 Å². The Morgan fingerprint density at radius 2 is 2.04 bits per heavy atom. The number of amides is 1. The maximum absolute atomic E-state index is 12.1. The summed E-state index contributed by atoms with van der Waals surface area (Å²) in [6, 6.07) is 9.71. The molecule has 2 aromatic rings. The highest BCUT2D eigenvalue weighted by Gasteiger charge is 2.32. The van der Waals surface area contributed by atoms with E-state index >= 15 is 0 Å². The van der Waals surface area contributed by atoms with Crippen molar-refractivity contribution < 1.29 is 9.53 Å². The molecule has 2 heterocycles. The molecule has 1 aliphatic heterocycles. The van der Waals surface area contributed by atoms with Crippen LogP contribution in [0.5, 0.6) is 5.75 Å². The van der Waals surface area contributed by atoms with Crippen molar-refractivity contribution in [1.82, 2.24) is 14.9 Å². The Kier molecular flexibility index (Phi) is 4.64. The molecule has 1 aromatic heterocycles. The van der Waals surface area contributed by atoms with Crippen LogP contribution in [-0.2, 0) is 4.79 Å². The summed E-state index contributed by atoms with van der Waals surface area (Å²) in [7, 11) is 1.66. The van der Waals surface area contributed by atoms with Gasteiger partial charge in [-0.15, -0.1) is 0 Å². The highest BCUT2D eigenvalue weighted by Crippen LogP contribution is 2.33. The quantitative estimate of drug-likeness (QED) is 0.865. The van der Waals surface area contributed by atoms with E-state index in [-0.39, 0.29) is 11.9 Å². The molecule has 1 amide bonds. The summed E-state index contributed by atoms with van der Waals surface area (Å²) < 4.78 is 5.50. The Morgan fingerprint density at radius 3 is 2.75 bits per heavy atom. The lowest BCUT2D eigenvalue weighted by atomic mass is 10.0. The minimum atomic E-state index is -0.0670. The van der Waals surface area contributed by atoms with E-state index in [9.17, 15) is 4.79 Å². The molecule has 1 aromatic carbocycles. The van der Waals surface area contributed by atoms with Crippen molar-refractivity contribution in [1.29, 1.82) is 0 Å². The smallest absolute Gasteiger partial charge is 0.220 e. The van der Waals surface area contributed by atoms with E-state index in [0.29, 0.717) is 13.1 Å². The van der Waals surface area contributed by atoms with Gasteiger partial charge in [0.25, 0.3) is 0 Å². The van der Waals surface area contributed by atoms with Crippen LogP contribution >= 0.6 is 0 Å². The molecule has 1 saturated heterocycles. The first-order valence-electron chi connectivity index (χ1n) is 8.05. The Balaban J connectivity index is 1.94. The van der Waals surface area contributed by atoms with Crippen LogP contribution in [0, 0.1) is 6.92 Å². The van der Waals surface area contributed by atoms with Crippen LogP contribution in [0.1, 0.15) is 24.4 Å². The molecule has 0 unspecified atom stereocenters. The molecule has 6 heteroatoms. The van der Waals surface area contributed by atoms with Crippen molar-refractivity contribution in [3.05, 3.63) is 47.9 Å². The predicted octanol–water partition coefficient (Wildman–Crippen LogP) is 2.20. The number of carbonyl (C=O) groups is 1. The van der Waals surface area contributed by atoms with Crippen molar-refractivity contribution in [2.24, 2.45) is 0 Å². The average Bonchev–Trinajstić information content (AvgIpc) is 2.61. The standard InChI is InChI=1S/C18H22N4O2/c1-13-19-9-8-18(20-13)21-10-11-22(14(2)23)16(12-21)15-6-4-5-7-17(15)24-3/h4-9,16H,10-12H2,1-3H3/t16-/m1/s1. The molecule has 0 bridgehead atoms. The summed E-state index contributed by atoms with van der Waals surface area (Å²) in [5.41, 5.74) is 1.02. The zero-order valence-corrected chi connectivity index (χ0v) is 14.3. The van der Waals surface area contributed by atoms with Crippen LogP contribution in [0.25, 0.3) is 0 Å². The molecule has 6 nitrogen and oxygen atoms in total. The van der Waals surface area contributed by atoms with Gasteiger partial charge in [0, 0.05) is 38.3 Å². The van der Waals surface area contributed by atoms with Gasteiger partial charge >= 0.3 is 0 Å². The first kappa shape index (κ1) is 16.2. The number of rotatable bonds is 3. The number of carbonyl (C=O) groups excluding carboxylic acids is 1. The van der Waals surface area contributed by atoms with Gasteiger partial charge in [0.05, 0.1) is 13.2 Å². The van der Waals surface area contributed by atoms with Crippen LogP contribution in [0.2, 0.25) is 0 Å². The maximum Gasteiger partial charge on any atom is 0.220 e. The highest BCUT2D eigenvalue weighted by atomic mass is 16.5. The first-order valence-corrected chi connectivity index (χ1v) is 8.05. The molecule has 3 rings (SSSR count). The summed E-state index contributed by atoms with van der Waals surface area (Å²) in [5.74, 6) is 2.51.